The van der Waals surface area contributed by atoms with Gasteiger partial charge in [-0.05, 0) is 31.0 Å². The predicted octanol–water partition coefficient (Wildman–Crippen LogP) is 3.83. The lowest BCUT2D eigenvalue weighted by molar-refractivity contribution is -0.137. The van der Waals surface area contributed by atoms with E-state index in [4.69, 9.17) is 5.11 Å². The minimum absolute atomic E-state index is 0.0622. The number of nitrogens with one attached hydrogen (secondary N) is 1. The molecule has 6 heteroatoms. The molecule has 0 saturated heterocycles. The van der Waals surface area contributed by atoms with Crippen LogP contribution in [0.15, 0.2) is 30.5 Å². The fraction of sp³-hybridized carbons (Fsp3) is 0.400. The van der Waals surface area contributed by atoms with Gasteiger partial charge in [0.25, 0.3) is 0 Å². The summed E-state index contributed by atoms with van der Waals surface area (Å²) in [7, 11) is 0. The normalized spacial score (nSPS) is 13.4. The fourth-order valence-corrected chi connectivity index (χ4v) is 2.20. The molecule has 0 radical (unpaired) electrons. The maximum Gasteiger partial charge on any atom is 0.416 e. The van der Waals surface area contributed by atoms with Crippen LogP contribution in [-0.2, 0) is 6.18 Å². The Morgan fingerprint density at radius 2 is 2.05 bits per heavy atom. The highest BCUT2D eigenvalue weighted by Crippen LogP contribution is 2.32. The van der Waals surface area contributed by atoms with Crippen LogP contribution in [-0.4, -0.2) is 22.7 Å². The number of benzene rings is 1. The maximum absolute atomic E-state index is 12.7. The number of rotatable bonds is 5. The van der Waals surface area contributed by atoms with Gasteiger partial charge in [0, 0.05) is 29.9 Å². The minimum atomic E-state index is -4.37. The van der Waals surface area contributed by atoms with Crippen molar-refractivity contribution >= 4 is 16.6 Å². The number of nitrogens with zero attached hydrogens (tertiary/aromatic N) is 1. The van der Waals surface area contributed by atoms with Gasteiger partial charge in [0.1, 0.15) is 0 Å². The quantitative estimate of drug-likeness (QED) is 0.882. The van der Waals surface area contributed by atoms with Crippen molar-refractivity contribution in [1.82, 2.24) is 4.98 Å². The van der Waals surface area contributed by atoms with Crippen molar-refractivity contribution in [3.05, 3.63) is 36.0 Å². The summed E-state index contributed by atoms with van der Waals surface area (Å²) in [5.41, 5.74) is 0.324. The van der Waals surface area contributed by atoms with Gasteiger partial charge in [-0.15, -0.1) is 0 Å². The lowest BCUT2D eigenvalue weighted by Crippen LogP contribution is -2.20. The van der Waals surface area contributed by atoms with Crippen molar-refractivity contribution in [2.24, 2.45) is 0 Å². The summed E-state index contributed by atoms with van der Waals surface area (Å²) < 4.78 is 38.1. The lowest BCUT2D eigenvalue weighted by Gasteiger charge is -2.18. The molecule has 114 valence electrons. The molecule has 0 saturated carbocycles. The lowest BCUT2D eigenvalue weighted by atomic mass is 10.1. The molecule has 1 atom stereocenters. The molecule has 0 fully saturated rings. The van der Waals surface area contributed by atoms with Crippen molar-refractivity contribution in [2.45, 2.75) is 32.0 Å². The Bertz CT molecular complexity index is 613. The highest BCUT2D eigenvalue weighted by atomic mass is 19.4. The zero-order valence-electron chi connectivity index (χ0n) is 11.6. The molecular weight excluding hydrogens is 281 g/mol. The molecule has 0 aliphatic heterocycles. The first-order valence-electron chi connectivity index (χ1n) is 6.79. The summed E-state index contributed by atoms with van der Waals surface area (Å²) in [5.74, 6) is 0. The number of aromatic nitrogens is 1. The maximum atomic E-state index is 12.7. The van der Waals surface area contributed by atoms with E-state index in [-0.39, 0.29) is 12.6 Å². The summed E-state index contributed by atoms with van der Waals surface area (Å²) in [6, 6.07) is 5.34. The average molecular weight is 298 g/mol. The third kappa shape index (κ3) is 3.64. The second-order valence-electron chi connectivity index (χ2n) is 4.85. The number of hydrogen-bond acceptors (Lipinski definition) is 3. The van der Waals surface area contributed by atoms with Gasteiger partial charge in [-0.25, -0.2) is 0 Å². The van der Waals surface area contributed by atoms with Crippen molar-refractivity contribution in [3.8, 4) is 0 Å². The number of aliphatic hydroxyl groups is 1. The van der Waals surface area contributed by atoms with Gasteiger partial charge >= 0.3 is 6.18 Å². The first kappa shape index (κ1) is 15.6. The molecule has 1 aromatic carbocycles. The van der Waals surface area contributed by atoms with Crippen LogP contribution >= 0.6 is 0 Å². The van der Waals surface area contributed by atoms with Crippen LogP contribution in [0.25, 0.3) is 10.9 Å². The molecule has 0 spiro atoms. The summed E-state index contributed by atoms with van der Waals surface area (Å²) in [6.45, 7) is 2.05. The first-order chi connectivity index (χ1) is 9.95. The van der Waals surface area contributed by atoms with E-state index in [2.05, 4.69) is 10.3 Å². The van der Waals surface area contributed by atoms with Gasteiger partial charge in [0.15, 0.2) is 0 Å². The topological polar surface area (TPSA) is 45.1 Å². The van der Waals surface area contributed by atoms with Crippen LogP contribution in [0.2, 0.25) is 0 Å². The molecule has 2 N–H and O–H groups in total. The van der Waals surface area contributed by atoms with Crippen LogP contribution in [0.5, 0.6) is 0 Å². The molecule has 0 bridgehead atoms. The summed E-state index contributed by atoms with van der Waals surface area (Å²) >= 11 is 0. The van der Waals surface area contributed by atoms with Gasteiger partial charge in [-0.1, -0.05) is 13.0 Å². The Morgan fingerprint density at radius 3 is 2.67 bits per heavy atom. The van der Waals surface area contributed by atoms with E-state index in [0.717, 1.165) is 24.2 Å². The Labute approximate surface area is 120 Å². The third-order valence-corrected chi connectivity index (χ3v) is 3.40. The van der Waals surface area contributed by atoms with Crippen LogP contribution in [0.1, 0.15) is 25.3 Å². The molecule has 1 unspecified atom stereocenters. The summed E-state index contributed by atoms with van der Waals surface area (Å²) in [5, 5.41) is 12.9. The number of pyridine rings is 1. The summed E-state index contributed by atoms with van der Waals surface area (Å²) in [4.78, 5) is 4.01. The molecule has 21 heavy (non-hydrogen) atoms. The molecule has 2 rings (SSSR count). The highest BCUT2D eigenvalue weighted by Gasteiger charge is 2.30. The van der Waals surface area contributed by atoms with E-state index in [1.807, 2.05) is 6.92 Å². The van der Waals surface area contributed by atoms with Crippen molar-refractivity contribution in [1.29, 1.82) is 0 Å². The zero-order valence-corrected chi connectivity index (χ0v) is 11.6. The monoisotopic (exact) mass is 298 g/mol. The van der Waals surface area contributed by atoms with Crippen molar-refractivity contribution < 1.29 is 18.3 Å². The SMILES string of the molecule is CCC(CCO)Nc1ccnc2cc(C(F)(F)F)ccc12. The largest absolute Gasteiger partial charge is 0.416 e. The molecule has 0 aliphatic carbocycles. The van der Waals surface area contributed by atoms with Gasteiger partial charge < -0.3 is 10.4 Å². The highest BCUT2D eigenvalue weighted by molar-refractivity contribution is 5.91. The van der Waals surface area contributed by atoms with E-state index < -0.39 is 11.7 Å². The number of fused-ring (bicyclic) bond motifs is 1. The minimum Gasteiger partial charge on any atom is -0.396 e. The Kier molecular flexibility index (Phi) is 4.67. The van der Waals surface area contributed by atoms with E-state index >= 15 is 0 Å². The Balaban J connectivity index is 2.38. The first-order valence-corrected chi connectivity index (χ1v) is 6.79. The number of aliphatic hydroxyl groups excluding tert-OH is 1. The Hall–Kier alpha value is -1.82. The third-order valence-electron chi connectivity index (χ3n) is 3.40. The number of anilines is 1. The zero-order chi connectivity index (χ0) is 15.5. The standard InChI is InChI=1S/C15H17F3N2O/c1-2-11(6-8-21)20-13-5-7-19-14-9-10(15(16,17)18)3-4-12(13)14/h3-5,7,9,11,21H,2,6,8H2,1H3,(H,19,20). The molecule has 0 aliphatic rings. The molecule has 1 aromatic heterocycles. The van der Waals surface area contributed by atoms with Gasteiger partial charge in [-0.2, -0.15) is 13.2 Å². The molecular formula is C15H17F3N2O. The van der Waals surface area contributed by atoms with Crippen LogP contribution < -0.4 is 5.32 Å². The average Bonchev–Trinajstić information content (AvgIpc) is 2.45. The van der Waals surface area contributed by atoms with E-state index in [1.54, 1.807) is 6.07 Å². The smallest absolute Gasteiger partial charge is 0.396 e. The van der Waals surface area contributed by atoms with Crippen LogP contribution in [0.4, 0.5) is 18.9 Å². The second kappa shape index (κ2) is 6.30. The fourth-order valence-electron chi connectivity index (χ4n) is 2.20. The molecule has 0 amide bonds. The number of halogens is 3. The number of alkyl halides is 3. The van der Waals surface area contributed by atoms with Crippen LogP contribution in [0, 0.1) is 0 Å². The van der Waals surface area contributed by atoms with Crippen molar-refractivity contribution in [3.63, 3.8) is 0 Å². The van der Waals surface area contributed by atoms with Gasteiger partial charge in [-0.3, -0.25) is 4.98 Å². The predicted molar refractivity (Wildman–Crippen MR) is 76.1 cm³/mol. The van der Waals surface area contributed by atoms with E-state index in [1.165, 1.54) is 12.3 Å². The van der Waals surface area contributed by atoms with Crippen LogP contribution in [0.3, 0.4) is 0 Å². The van der Waals surface area contributed by atoms with E-state index in [9.17, 15) is 13.2 Å². The number of hydrogen-bond donors (Lipinski definition) is 2. The molecule has 2 aromatic rings. The second-order valence-corrected chi connectivity index (χ2v) is 4.85. The van der Waals surface area contributed by atoms with Crippen molar-refractivity contribution in [2.75, 3.05) is 11.9 Å². The summed E-state index contributed by atoms with van der Waals surface area (Å²) in [6.07, 6.45) is -1.50. The molecule has 3 nitrogen and oxygen atoms in total. The van der Waals surface area contributed by atoms with Gasteiger partial charge in [0.05, 0.1) is 11.1 Å². The molecule has 1 heterocycles. The Morgan fingerprint density at radius 1 is 1.29 bits per heavy atom. The van der Waals surface area contributed by atoms with Gasteiger partial charge in [0.2, 0.25) is 0 Å². The van der Waals surface area contributed by atoms with E-state index in [0.29, 0.717) is 17.3 Å².